The van der Waals surface area contributed by atoms with Crippen molar-refractivity contribution < 1.29 is 23.8 Å². The monoisotopic (exact) mass is 516 g/mol. The zero-order chi connectivity index (χ0) is 27.0. The maximum Gasteiger partial charge on any atom is 0.306 e. The molecule has 200 valence electrons. The Kier molecular flexibility index (Phi) is 7.21. The molecule has 0 amide bonds. The number of hydrogen-bond donors (Lipinski definition) is 1. The fourth-order valence-corrected chi connectivity index (χ4v) is 6.54. The molecule has 0 aliphatic heterocycles. The second-order valence-electron chi connectivity index (χ2n) is 11.6. The summed E-state index contributed by atoms with van der Waals surface area (Å²) in [6.07, 6.45) is 5.13. The highest BCUT2D eigenvalue weighted by molar-refractivity contribution is 5.72. The van der Waals surface area contributed by atoms with Gasteiger partial charge >= 0.3 is 5.97 Å². The number of hydrogen-bond acceptors (Lipinski definition) is 3. The molecule has 0 aromatic heterocycles. The first-order valence-corrected chi connectivity index (χ1v) is 13.6. The van der Waals surface area contributed by atoms with Gasteiger partial charge in [0, 0.05) is 5.56 Å². The van der Waals surface area contributed by atoms with E-state index in [1.807, 2.05) is 24.3 Å². The number of carbonyl (C=O) groups is 1. The number of aryl methyl sites for hydroxylation is 1. The molecule has 3 atom stereocenters. The van der Waals surface area contributed by atoms with Gasteiger partial charge in [0.15, 0.2) is 0 Å². The Labute approximate surface area is 224 Å². The predicted octanol–water partition coefficient (Wildman–Crippen LogP) is 8.12. The molecule has 1 fully saturated rings. The fourth-order valence-electron chi connectivity index (χ4n) is 6.54. The lowest BCUT2D eigenvalue weighted by molar-refractivity contribution is -0.141. The van der Waals surface area contributed by atoms with E-state index >= 15 is 4.39 Å². The van der Waals surface area contributed by atoms with Crippen LogP contribution in [0.5, 0.6) is 11.5 Å². The van der Waals surface area contributed by atoms with Crippen molar-refractivity contribution in [1.82, 2.24) is 0 Å². The molecule has 3 aromatic carbocycles. The Balaban J connectivity index is 1.45. The second kappa shape index (κ2) is 10.4. The van der Waals surface area contributed by atoms with Gasteiger partial charge in [-0.3, -0.25) is 4.79 Å². The lowest BCUT2D eigenvalue weighted by atomic mass is 9.75. The number of carboxylic acids is 1. The Morgan fingerprint density at radius 3 is 2.53 bits per heavy atom. The van der Waals surface area contributed by atoms with Gasteiger partial charge in [0.2, 0.25) is 0 Å². The van der Waals surface area contributed by atoms with E-state index in [1.165, 1.54) is 11.6 Å². The van der Waals surface area contributed by atoms with Crippen molar-refractivity contribution in [3.05, 3.63) is 82.7 Å². The molecule has 1 saturated carbocycles. The topological polar surface area (TPSA) is 55.8 Å². The summed E-state index contributed by atoms with van der Waals surface area (Å²) >= 11 is 0. The zero-order valence-electron chi connectivity index (χ0n) is 22.7. The maximum absolute atomic E-state index is 15.1. The van der Waals surface area contributed by atoms with E-state index in [4.69, 9.17) is 9.47 Å². The quantitative estimate of drug-likeness (QED) is 0.328. The summed E-state index contributed by atoms with van der Waals surface area (Å²) in [5.74, 6) is 0.282. The average Bonchev–Trinajstić information content (AvgIpc) is 3.49. The zero-order valence-corrected chi connectivity index (χ0v) is 22.7. The van der Waals surface area contributed by atoms with E-state index in [0.29, 0.717) is 23.8 Å². The number of ether oxygens (including phenoxy) is 2. The lowest BCUT2D eigenvalue weighted by Crippen LogP contribution is -2.17. The van der Waals surface area contributed by atoms with Crippen LogP contribution in [-0.2, 0) is 17.8 Å². The maximum atomic E-state index is 15.1. The molecule has 0 bridgehead atoms. The van der Waals surface area contributed by atoms with Gasteiger partial charge in [-0.15, -0.1) is 0 Å². The first-order chi connectivity index (χ1) is 18.2. The average molecular weight is 517 g/mol. The predicted molar refractivity (Wildman–Crippen MR) is 147 cm³/mol. The smallest absolute Gasteiger partial charge is 0.306 e. The molecule has 2 aliphatic rings. The summed E-state index contributed by atoms with van der Waals surface area (Å²) in [6, 6.07) is 17.2. The molecule has 38 heavy (non-hydrogen) atoms. The van der Waals surface area contributed by atoms with Crippen LogP contribution in [0.1, 0.15) is 80.5 Å². The molecule has 0 heterocycles. The van der Waals surface area contributed by atoms with Crippen LogP contribution in [0.4, 0.5) is 4.39 Å². The van der Waals surface area contributed by atoms with Crippen molar-refractivity contribution in [2.45, 2.75) is 71.3 Å². The summed E-state index contributed by atoms with van der Waals surface area (Å²) in [6.45, 7) is 6.78. The molecular formula is C33H37FO4. The normalized spacial score (nSPS) is 20.7. The summed E-state index contributed by atoms with van der Waals surface area (Å²) in [4.78, 5) is 11.6. The van der Waals surface area contributed by atoms with Gasteiger partial charge in [-0.05, 0) is 101 Å². The van der Waals surface area contributed by atoms with Crippen LogP contribution in [0.2, 0.25) is 0 Å². The third kappa shape index (κ3) is 5.03. The highest BCUT2D eigenvalue weighted by Gasteiger charge is 2.37. The van der Waals surface area contributed by atoms with Crippen LogP contribution in [-0.4, -0.2) is 18.2 Å². The Hall–Kier alpha value is -3.34. The highest BCUT2D eigenvalue weighted by Crippen LogP contribution is 2.51. The van der Waals surface area contributed by atoms with Crippen LogP contribution < -0.4 is 9.47 Å². The number of aliphatic carboxylic acids is 1. The molecule has 0 saturated heterocycles. The van der Waals surface area contributed by atoms with E-state index in [0.717, 1.165) is 60.1 Å². The molecule has 0 unspecified atom stereocenters. The number of methoxy groups -OCH3 is 1. The van der Waals surface area contributed by atoms with Crippen LogP contribution in [0, 0.1) is 17.2 Å². The molecule has 3 aromatic rings. The van der Waals surface area contributed by atoms with Crippen molar-refractivity contribution in [1.29, 1.82) is 0 Å². The molecule has 4 nitrogen and oxygen atoms in total. The van der Waals surface area contributed by atoms with Crippen molar-refractivity contribution in [2.24, 2.45) is 11.3 Å². The summed E-state index contributed by atoms with van der Waals surface area (Å²) < 4.78 is 26.7. The molecule has 1 N–H and O–H groups in total. The van der Waals surface area contributed by atoms with Gasteiger partial charge in [-0.25, -0.2) is 4.39 Å². The third-order valence-electron chi connectivity index (χ3n) is 8.85. The Morgan fingerprint density at radius 2 is 1.82 bits per heavy atom. The minimum atomic E-state index is -0.760. The standard InChI is InChI=1S/C33H37FO4/c1-20(32(35)36)25-13-9-22-8-10-24(18-27(22)25)38-19-21-7-12-26(29-17-23(37-4)11-14-31(29)34)28(16-21)30-6-5-15-33(30,2)3/h7-8,10-12,14,16-18,20,25,30H,5-6,9,13,15,19H2,1-4H3,(H,35,36)/t20-,25-,30-/m1/s1. The summed E-state index contributed by atoms with van der Waals surface area (Å²) in [5.41, 5.74) is 6.09. The van der Waals surface area contributed by atoms with E-state index in [-0.39, 0.29) is 17.2 Å². The van der Waals surface area contributed by atoms with E-state index < -0.39 is 11.9 Å². The van der Waals surface area contributed by atoms with E-state index in [1.54, 1.807) is 26.2 Å². The van der Waals surface area contributed by atoms with Crippen LogP contribution in [0.15, 0.2) is 54.6 Å². The fraction of sp³-hybridized carbons (Fsp3) is 0.424. The number of fused-ring (bicyclic) bond motifs is 1. The van der Waals surface area contributed by atoms with Crippen LogP contribution in [0.3, 0.4) is 0 Å². The minimum Gasteiger partial charge on any atom is -0.497 e. The number of carboxylic acid groups (broad SMARTS) is 1. The van der Waals surface area contributed by atoms with Crippen molar-refractivity contribution in [2.75, 3.05) is 7.11 Å². The first-order valence-electron chi connectivity index (χ1n) is 13.6. The molecule has 2 aliphatic carbocycles. The van der Waals surface area contributed by atoms with Gasteiger partial charge in [0.1, 0.15) is 23.9 Å². The Morgan fingerprint density at radius 1 is 1.03 bits per heavy atom. The number of benzene rings is 3. The van der Waals surface area contributed by atoms with Crippen molar-refractivity contribution in [3.8, 4) is 22.6 Å². The SMILES string of the molecule is COc1ccc(F)c(-c2ccc(COc3ccc4c(c3)[C@@H]([C@@H](C)C(=O)O)CC4)cc2[C@H]2CCCC2(C)C)c1. The molecule has 5 heteroatoms. The van der Waals surface area contributed by atoms with Gasteiger partial charge in [-0.2, -0.15) is 0 Å². The highest BCUT2D eigenvalue weighted by atomic mass is 19.1. The molecule has 0 spiro atoms. The van der Waals surface area contributed by atoms with Gasteiger partial charge < -0.3 is 14.6 Å². The molecule has 5 rings (SSSR count). The first kappa shape index (κ1) is 26.3. The second-order valence-corrected chi connectivity index (χ2v) is 11.6. The lowest BCUT2D eigenvalue weighted by Gasteiger charge is -2.30. The summed E-state index contributed by atoms with van der Waals surface area (Å²) in [5, 5.41) is 9.53. The number of rotatable bonds is 8. The molecular weight excluding hydrogens is 479 g/mol. The summed E-state index contributed by atoms with van der Waals surface area (Å²) in [7, 11) is 1.60. The van der Waals surface area contributed by atoms with Crippen LogP contribution in [0.25, 0.3) is 11.1 Å². The van der Waals surface area contributed by atoms with Crippen molar-refractivity contribution in [3.63, 3.8) is 0 Å². The third-order valence-corrected chi connectivity index (χ3v) is 8.85. The van der Waals surface area contributed by atoms with Gasteiger partial charge in [0.05, 0.1) is 13.0 Å². The van der Waals surface area contributed by atoms with Gasteiger partial charge in [-0.1, -0.05) is 51.5 Å². The van der Waals surface area contributed by atoms with Crippen LogP contribution >= 0.6 is 0 Å². The van der Waals surface area contributed by atoms with Gasteiger partial charge in [0.25, 0.3) is 0 Å². The Bertz CT molecular complexity index is 1340. The minimum absolute atomic E-state index is 0.0132. The van der Waals surface area contributed by atoms with E-state index in [2.05, 4.69) is 26.0 Å². The largest absolute Gasteiger partial charge is 0.497 e. The number of halogens is 1. The van der Waals surface area contributed by atoms with E-state index in [9.17, 15) is 9.90 Å². The van der Waals surface area contributed by atoms with Crippen molar-refractivity contribution >= 4 is 5.97 Å². The molecule has 0 radical (unpaired) electrons.